The van der Waals surface area contributed by atoms with Gasteiger partial charge in [0.15, 0.2) is 0 Å². The molecular weight excluding hydrogens is 264 g/mol. The van der Waals surface area contributed by atoms with E-state index in [0.29, 0.717) is 23.0 Å². The summed E-state index contributed by atoms with van der Waals surface area (Å²) < 4.78 is 0. The average Bonchev–Trinajstić information content (AvgIpc) is 2.38. The highest BCUT2D eigenvalue weighted by atomic mass is 32.2. The van der Waals surface area contributed by atoms with Crippen LogP contribution in [0.2, 0.25) is 0 Å². The third-order valence-electron chi connectivity index (χ3n) is 2.69. The van der Waals surface area contributed by atoms with Crippen molar-refractivity contribution in [3.63, 3.8) is 0 Å². The smallest absolute Gasteiger partial charge is 0.337 e. The van der Waals surface area contributed by atoms with Crippen LogP contribution in [0.5, 0.6) is 0 Å². The number of benzene rings is 1. The van der Waals surface area contributed by atoms with E-state index in [2.05, 4.69) is 10.6 Å². The van der Waals surface area contributed by atoms with Gasteiger partial charge in [-0.05, 0) is 24.8 Å². The number of aromatic carboxylic acids is 1. The van der Waals surface area contributed by atoms with Gasteiger partial charge in [0.1, 0.15) is 0 Å². The van der Waals surface area contributed by atoms with Crippen LogP contribution in [-0.4, -0.2) is 35.2 Å². The van der Waals surface area contributed by atoms with E-state index in [9.17, 15) is 9.59 Å². The second-order valence-electron chi connectivity index (χ2n) is 4.18. The fourth-order valence-electron chi connectivity index (χ4n) is 1.49. The number of para-hydroxylation sites is 1. The van der Waals surface area contributed by atoms with E-state index in [1.807, 2.05) is 13.2 Å². The van der Waals surface area contributed by atoms with Crippen molar-refractivity contribution < 1.29 is 14.7 Å². The minimum Gasteiger partial charge on any atom is -0.478 e. The number of urea groups is 1. The number of anilines is 1. The van der Waals surface area contributed by atoms with E-state index in [1.54, 1.807) is 30.8 Å². The minimum atomic E-state index is -1.06. The number of nitrogens with one attached hydrogen (secondary N) is 2. The van der Waals surface area contributed by atoms with E-state index in [4.69, 9.17) is 5.11 Å². The molecule has 0 bridgehead atoms. The molecule has 5 nitrogen and oxygen atoms in total. The maximum Gasteiger partial charge on any atom is 0.337 e. The van der Waals surface area contributed by atoms with Crippen LogP contribution in [0.25, 0.3) is 0 Å². The van der Waals surface area contributed by atoms with Crippen molar-refractivity contribution in [1.82, 2.24) is 5.32 Å². The summed E-state index contributed by atoms with van der Waals surface area (Å²) in [6, 6.07) is 4.48. The van der Waals surface area contributed by atoms with Gasteiger partial charge in [0.05, 0.1) is 11.3 Å². The number of hydrogen-bond donors (Lipinski definition) is 3. The highest BCUT2D eigenvalue weighted by Crippen LogP contribution is 2.20. The van der Waals surface area contributed by atoms with Crippen LogP contribution in [-0.2, 0) is 0 Å². The van der Waals surface area contributed by atoms with Gasteiger partial charge in [-0.1, -0.05) is 19.1 Å². The Morgan fingerprint density at radius 3 is 2.68 bits per heavy atom. The molecule has 0 aliphatic heterocycles. The molecule has 0 spiro atoms. The largest absolute Gasteiger partial charge is 0.478 e. The number of amides is 2. The zero-order chi connectivity index (χ0) is 14.4. The summed E-state index contributed by atoms with van der Waals surface area (Å²) in [6.07, 6.45) is 1.97. The molecule has 0 saturated carbocycles. The van der Waals surface area contributed by atoms with Crippen LogP contribution >= 0.6 is 11.8 Å². The summed E-state index contributed by atoms with van der Waals surface area (Å²) in [5.74, 6) is -1.06. The zero-order valence-electron chi connectivity index (χ0n) is 11.2. The molecule has 0 aliphatic carbocycles. The third kappa shape index (κ3) is 4.48. The van der Waals surface area contributed by atoms with E-state index in [-0.39, 0.29) is 5.56 Å². The van der Waals surface area contributed by atoms with Crippen molar-refractivity contribution in [1.29, 1.82) is 0 Å². The minimum absolute atomic E-state index is 0.0908. The van der Waals surface area contributed by atoms with E-state index < -0.39 is 12.0 Å². The topological polar surface area (TPSA) is 78.4 Å². The molecule has 1 rings (SSSR count). The molecular formula is C13H18N2O3S. The van der Waals surface area contributed by atoms with Gasteiger partial charge in [-0.3, -0.25) is 0 Å². The van der Waals surface area contributed by atoms with E-state index >= 15 is 0 Å². The normalized spacial score (nSPS) is 11.7. The summed E-state index contributed by atoms with van der Waals surface area (Å²) in [5.41, 5.74) is 1.14. The van der Waals surface area contributed by atoms with Gasteiger partial charge < -0.3 is 15.7 Å². The Labute approximate surface area is 116 Å². The molecule has 104 valence electrons. The van der Waals surface area contributed by atoms with Crippen molar-refractivity contribution in [2.75, 3.05) is 18.1 Å². The first-order valence-electron chi connectivity index (χ1n) is 5.86. The van der Waals surface area contributed by atoms with Gasteiger partial charge in [-0.25, -0.2) is 9.59 Å². The molecule has 3 N–H and O–H groups in total. The Bertz CT molecular complexity index is 477. The average molecular weight is 282 g/mol. The van der Waals surface area contributed by atoms with Crippen molar-refractivity contribution in [2.45, 2.75) is 19.1 Å². The number of hydrogen-bond acceptors (Lipinski definition) is 3. The lowest BCUT2D eigenvalue weighted by atomic mass is 10.1. The first kappa shape index (κ1) is 15.4. The summed E-state index contributed by atoms with van der Waals surface area (Å²) in [6.45, 7) is 4.29. The Morgan fingerprint density at radius 2 is 2.11 bits per heavy atom. The summed E-state index contributed by atoms with van der Waals surface area (Å²) in [7, 11) is 0. The van der Waals surface area contributed by atoms with Crippen LogP contribution < -0.4 is 10.6 Å². The van der Waals surface area contributed by atoms with Crippen molar-refractivity contribution in [3.8, 4) is 0 Å². The molecule has 0 fully saturated rings. The standard InChI is InChI=1S/C13H18N2O3S/c1-8-5-4-6-10(12(16)17)11(8)15-13(18)14-7-9(2)19-3/h4-6,9H,7H2,1-3H3,(H,16,17)(H2,14,15,18). The molecule has 0 aromatic heterocycles. The monoisotopic (exact) mass is 282 g/mol. The molecule has 1 aromatic rings. The van der Waals surface area contributed by atoms with Gasteiger partial charge in [0.2, 0.25) is 0 Å². The predicted octanol–water partition coefficient (Wildman–Crippen LogP) is 2.57. The highest BCUT2D eigenvalue weighted by molar-refractivity contribution is 7.99. The quantitative estimate of drug-likeness (QED) is 0.775. The molecule has 1 atom stereocenters. The maximum atomic E-state index is 11.7. The van der Waals surface area contributed by atoms with Crippen LogP contribution in [0, 0.1) is 6.92 Å². The first-order chi connectivity index (χ1) is 8.95. The molecule has 0 aliphatic rings. The molecule has 1 aromatic carbocycles. The molecule has 19 heavy (non-hydrogen) atoms. The maximum absolute atomic E-state index is 11.7. The predicted molar refractivity (Wildman–Crippen MR) is 78.1 cm³/mol. The van der Waals surface area contributed by atoms with Crippen LogP contribution in [0.4, 0.5) is 10.5 Å². The van der Waals surface area contributed by atoms with Crippen LogP contribution in [0.1, 0.15) is 22.8 Å². The number of carboxylic acid groups (broad SMARTS) is 1. The van der Waals surface area contributed by atoms with Crippen LogP contribution in [0.15, 0.2) is 18.2 Å². The number of carbonyl (C=O) groups is 2. The lowest BCUT2D eigenvalue weighted by molar-refractivity contribution is 0.0698. The highest BCUT2D eigenvalue weighted by Gasteiger charge is 2.14. The summed E-state index contributed by atoms with van der Waals surface area (Å²) >= 11 is 1.65. The molecule has 0 saturated heterocycles. The summed E-state index contributed by atoms with van der Waals surface area (Å²) in [4.78, 5) is 22.8. The Kier molecular flexibility index (Phi) is 5.69. The lowest BCUT2D eigenvalue weighted by Gasteiger charge is -2.14. The van der Waals surface area contributed by atoms with Gasteiger partial charge in [0, 0.05) is 11.8 Å². The van der Waals surface area contributed by atoms with Gasteiger partial charge in [-0.2, -0.15) is 11.8 Å². The molecule has 0 radical (unpaired) electrons. The second kappa shape index (κ2) is 7.04. The number of carboxylic acids is 1. The second-order valence-corrected chi connectivity index (χ2v) is 5.46. The number of rotatable bonds is 5. The third-order valence-corrected chi connectivity index (χ3v) is 3.67. The molecule has 2 amide bonds. The molecule has 0 heterocycles. The number of thioether (sulfide) groups is 1. The Morgan fingerprint density at radius 1 is 1.42 bits per heavy atom. The number of carbonyl (C=O) groups excluding carboxylic acids is 1. The zero-order valence-corrected chi connectivity index (χ0v) is 12.0. The Hall–Kier alpha value is -1.69. The fraction of sp³-hybridized carbons (Fsp3) is 0.385. The van der Waals surface area contributed by atoms with Gasteiger partial charge in [-0.15, -0.1) is 0 Å². The fourth-order valence-corrected chi connectivity index (χ4v) is 1.74. The van der Waals surface area contributed by atoms with Crippen molar-refractivity contribution >= 4 is 29.4 Å². The van der Waals surface area contributed by atoms with Crippen molar-refractivity contribution in [3.05, 3.63) is 29.3 Å². The Balaban J connectivity index is 2.76. The summed E-state index contributed by atoms with van der Waals surface area (Å²) in [5, 5.41) is 14.7. The first-order valence-corrected chi connectivity index (χ1v) is 7.15. The molecule has 6 heteroatoms. The molecule has 1 unspecified atom stereocenters. The van der Waals surface area contributed by atoms with E-state index in [0.717, 1.165) is 0 Å². The van der Waals surface area contributed by atoms with Gasteiger partial charge in [0.25, 0.3) is 0 Å². The number of aryl methyl sites for hydroxylation is 1. The van der Waals surface area contributed by atoms with Crippen LogP contribution in [0.3, 0.4) is 0 Å². The van der Waals surface area contributed by atoms with E-state index in [1.165, 1.54) is 6.07 Å². The van der Waals surface area contributed by atoms with Crippen molar-refractivity contribution in [2.24, 2.45) is 0 Å². The lowest BCUT2D eigenvalue weighted by Crippen LogP contribution is -2.33. The van der Waals surface area contributed by atoms with Gasteiger partial charge >= 0.3 is 12.0 Å². The SMILES string of the molecule is CSC(C)CNC(=O)Nc1c(C)cccc1C(=O)O.